The second kappa shape index (κ2) is 7.05. The number of aromatic nitrogens is 3. The lowest BCUT2D eigenvalue weighted by molar-refractivity contribution is 0.214. The van der Waals surface area contributed by atoms with Crippen molar-refractivity contribution in [2.24, 2.45) is 5.92 Å². The predicted octanol–water partition coefficient (Wildman–Crippen LogP) is 3.24. The maximum absolute atomic E-state index is 5.82. The van der Waals surface area contributed by atoms with Gasteiger partial charge in [-0.05, 0) is 53.7 Å². The van der Waals surface area contributed by atoms with Gasteiger partial charge in [-0.1, -0.05) is 0 Å². The van der Waals surface area contributed by atoms with Crippen molar-refractivity contribution in [1.29, 1.82) is 0 Å². The lowest BCUT2D eigenvalue weighted by Gasteiger charge is -2.32. The topological polar surface area (TPSA) is 51.1 Å². The minimum atomic E-state index is 0.563. The maximum atomic E-state index is 5.82. The third-order valence-electron chi connectivity index (χ3n) is 3.94. The van der Waals surface area contributed by atoms with E-state index in [1.54, 1.807) is 12.4 Å². The number of ether oxygens (including phenoxy) is 1. The molecule has 3 heterocycles. The summed E-state index contributed by atoms with van der Waals surface area (Å²) >= 11 is 3.42. The number of aryl methyl sites for hydroxylation is 1. The summed E-state index contributed by atoms with van der Waals surface area (Å²) in [4.78, 5) is 15.2. The molecule has 5 nitrogen and oxygen atoms in total. The Morgan fingerprint density at radius 3 is 2.64 bits per heavy atom. The van der Waals surface area contributed by atoms with Crippen LogP contribution in [-0.4, -0.2) is 34.6 Å². The van der Waals surface area contributed by atoms with E-state index in [1.807, 2.05) is 19.2 Å². The number of hydrogen-bond donors (Lipinski definition) is 0. The number of rotatable bonds is 4. The van der Waals surface area contributed by atoms with Crippen LogP contribution in [0.3, 0.4) is 0 Å². The Morgan fingerprint density at radius 2 is 1.95 bits per heavy atom. The van der Waals surface area contributed by atoms with Gasteiger partial charge in [0.15, 0.2) is 0 Å². The van der Waals surface area contributed by atoms with E-state index in [0.717, 1.165) is 41.9 Å². The van der Waals surface area contributed by atoms with Crippen LogP contribution < -0.4 is 9.64 Å². The van der Waals surface area contributed by atoms with Gasteiger partial charge in [-0.25, -0.2) is 9.97 Å². The highest BCUT2D eigenvalue weighted by molar-refractivity contribution is 9.10. The molecule has 0 spiro atoms. The zero-order valence-corrected chi connectivity index (χ0v) is 14.2. The average molecular weight is 363 g/mol. The fourth-order valence-corrected chi connectivity index (χ4v) is 2.85. The molecule has 22 heavy (non-hydrogen) atoms. The molecule has 0 radical (unpaired) electrons. The average Bonchev–Trinajstić information content (AvgIpc) is 2.55. The first-order chi connectivity index (χ1) is 10.7. The molecule has 6 heteroatoms. The third-order valence-corrected chi connectivity index (χ3v) is 4.41. The fraction of sp³-hybridized carbons (Fsp3) is 0.438. The summed E-state index contributed by atoms with van der Waals surface area (Å²) < 4.78 is 6.83. The van der Waals surface area contributed by atoms with Crippen molar-refractivity contribution in [2.75, 3.05) is 24.6 Å². The van der Waals surface area contributed by atoms with Crippen molar-refractivity contribution in [1.82, 2.24) is 15.0 Å². The van der Waals surface area contributed by atoms with E-state index in [0.29, 0.717) is 18.4 Å². The molecule has 116 valence electrons. The molecule has 3 rings (SSSR count). The molecule has 0 N–H and O–H groups in total. The largest absolute Gasteiger partial charge is 0.476 e. The summed E-state index contributed by atoms with van der Waals surface area (Å²) in [7, 11) is 0. The normalized spacial score (nSPS) is 15.8. The third kappa shape index (κ3) is 3.74. The summed E-state index contributed by atoms with van der Waals surface area (Å²) in [5.41, 5.74) is 0.846. The summed E-state index contributed by atoms with van der Waals surface area (Å²) in [6.07, 6.45) is 7.42. The van der Waals surface area contributed by atoms with Gasteiger partial charge in [-0.15, -0.1) is 0 Å². The Labute approximate surface area is 138 Å². The molecule has 0 unspecified atom stereocenters. The molecule has 0 saturated carbocycles. The highest BCUT2D eigenvalue weighted by Gasteiger charge is 2.21. The molecular formula is C16H19BrN4O. The summed E-state index contributed by atoms with van der Waals surface area (Å²) in [5.74, 6) is 2.26. The number of halogens is 1. The Bertz CT molecular complexity index is 612. The molecule has 0 aromatic carbocycles. The van der Waals surface area contributed by atoms with Gasteiger partial charge in [0, 0.05) is 36.2 Å². The van der Waals surface area contributed by atoms with Gasteiger partial charge in [0.05, 0.1) is 12.3 Å². The first kappa shape index (κ1) is 15.2. The van der Waals surface area contributed by atoms with Gasteiger partial charge in [0.25, 0.3) is 0 Å². The Hall–Kier alpha value is -1.69. The first-order valence-electron chi connectivity index (χ1n) is 7.49. The molecule has 0 aliphatic carbocycles. The Morgan fingerprint density at radius 1 is 1.18 bits per heavy atom. The number of piperidine rings is 1. The van der Waals surface area contributed by atoms with Crippen LogP contribution in [-0.2, 0) is 0 Å². The van der Waals surface area contributed by atoms with Crippen molar-refractivity contribution in [2.45, 2.75) is 19.8 Å². The van der Waals surface area contributed by atoms with E-state index in [9.17, 15) is 0 Å². The van der Waals surface area contributed by atoms with Crippen LogP contribution in [0, 0.1) is 12.8 Å². The van der Waals surface area contributed by atoms with E-state index in [4.69, 9.17) is 4.74 Å². The van der Waals surface area contributed by atoms with Gasteiger partial charge in [-0.3, -0.25) is 4.98 Å². The standard InChI is InChI=1S/C16H19BrN4O/c1-12-16(19-7-6-18-12)22-11-13-4-8-21(9-5-13)15-3-2-14(17)10-20-15/h2-3,6-7,10,13H,4-5,8-9,11H2,1H3. The number of hydrogen-bond acceptors (Lipinski definition) is 5. The van der Waals surface area contributed by atoms with E-state index in [2.05, 4.69) is 41.8 Å². The van der Waals surface area contributed by atoms with Crippen LogP contribution in [0.2, 0.25) is 0 Å². The maximum Gasteiger partial charge on any atom is 0.235 e. The van der Waals surface area contributed by atoms with E-state index in [1.165, 1.54) is 0 Å². The SMILES string of the molecule is Cc1nccnc1OCC1CCN(c2ccc(Br)cn2)CC1. The van der Waals surface area contributed by atoms with Gasteiger partial charge >= 0.3 is 0 Å². The second-order valence-electron chi connectivity index (χ2n) is 5.52. The van der Waals surface area contributed by atoms with E-state index >= 15 is 0 Å². The number of anilines is 1. The van der Waals surface area contributed by atoms with Gasteiger partial charge < -0.3 is 9.64 Å². The molecule has 0 bridgehead atoms. The van der Waals surface area contributed by atoms with Crippen molar-refractivity contribution in [3.05, 3.63) is 40.9 Å². The lowest BCUT2D eigenvalue weighted by atomic mass is 9.98. The highest BCUT2D eigenvalue weighted by Crippen LogP contribution is 2.23. The molecule has 1 aliphatic rings. The van der Waals surface area contributed by atoms with Crippen molar-refractivity contribution in [3.63, 3.8) is 0 Å². The molecule has 1 fully saturated rings. The second-order valence-corrected chi connectivity index (χ2v) is 6.44. The van der Waals surface area contributed by atoms with E-state index in [-0.39, 0.29) is 0 Å². The number of nitrogens with zero attached hydrogens (tertiary/aromatic N) is 4. The smallest absolute Gasteiger partial charge is 0.235 e. The van der Waals surface area contributed by atoms with Crippen molar-refractivity contribution in [3.8, 4) is 5.88 Å². The monoisotopic (exact) mass is 362 g/mol. The summed E-state index contributed by atoms with van der Waals surface area (Å²) in [6, 6.07) is 4.10. The van der Waals surface area contributed by atoms with Crippen LogP contribution in [0.1, 0.15) is 18.5 Å². The number of pyridine rings is 1. The molecule has 0 atom stereocenters. The molecule has 2 aromatic rings. The molecular weight excluding hydrogens is 344 g/mol. The molecule has 1 saturated heterocycles. The van der Waals surface area contributed by atoms with Gasteiger partial charge in [0.1, 0.15) is 5.82 Å². The highest BCUT2D eigenvalue weighted by atomic mass is 79.9. The van der Waals surface area contributed by atoms with Crippen LogP contribution in [0.25, 0.3) is 0 Å². The van der Waals surface area contributed by atoms with Crippen LogP contribution in [0.15, 0.2) is 35.2 Å². The Balaban J connectivity index is 1.49. The first-order valence-corrected chi connectivity index (χ1v) is 8.28. The molecule has 0 amide bonds. The zero-order valence-electron chi connectivity index (χ0n) is 12.6. The van der Waals surface area contributed by atoms with E-state index < -0.39 is 0 Å². The predicted molar refractivity (Wildman–Crippen MR) is 89.1 cm³/mol. The van der Waals surface area contributed by atoms with Crippen LogP contribution >= 0.6 is 15.9 Å². The zero-order chi connectivity index (χ0) is 15.4. The minimum absolute atomic E-state index is 0.563. The quantitative estimate of drug-likeness (QED) is 0.835. The van der Waals surface area contributed by atoms with Crippen molar-refractivity contribution < 1.29 is 4.74 Å². The van der Waals surface area contributed by atoms with Crippen LogP contribution in [0.4, 0.5) is 5.82 Å². The van der Waals surface area contributed by atoms with Crippen molar-refractivity contribution >= 4 is 21.7 Å². The summed E-state index contributed by atoms with van der Waals surface area (Å²) in [6.45, 7) is 4.66. The van der Waals surface area contributed by atoms with Gasteiger partial charge in [0.2, 0.25) is 5.88 Å². The molecule has 2 aromatic heterocycles. The lowest BCUT2D eigenvalue weighted by Crippen LogP contribution is -2.36. The Kier molecular flexibility index (Phi) is 4.87. The molecule has 1 aliphatic heterocycles. The minimum Gasteiger partial charge on any atom is -0.476 e. The van der Waals surface area contributed by atoms with Crippen LogP contribution in [0.5, 0.6) is 5.88 Å². The summed E-state index contributed by atoms with van der Waals surface area (Å²) in [5, 5.41) is 0. The van der Waals surface area contributed by atoms with Gasteiger partial charge in [-0.2, -0.15) is 0 Å². The fourth-order valence-electron chi connectivity index (χ4n) is 2.62.